The topological polar surface area (TPSA) is 105 Å². The molecule has 366 valence electrons. The number of phosphoric ester groups is 1. The van der Waals surface area contributed by atoms with Crippen LogP contribution in [0.2, 0.25) is 0 Å². The van der Waals surface area contributed by atoms with E-state index in [2.05, 4.69) is 55.6 Å². The normalized spacial score (nSPS) is 14.4. The number of aliphatic hydroxyl groups excluding tert-OH is 1. The number of unbranched alkanes of at least 4 members (excludes halogenated alkanes) is 29. The summed E-state index contributed by atoms with van der Waals surface area (Å²) >= 11 is 0. The number of rotatable bonds is 48. The number of carbonyl (C=O) groups is 1. The molecule has 9 heteroatoms. The summed E-state index contributed by atoms with van der Waals surface area (Å²) in [6.07, 6.45) is 56.4. The third-order valence-electron chi connectivity index (χ3n) is 11.9. The number of hydrogen-bond acceptors (Lipinski definition) is 5. The molecule has 3 atom stereocenters. The smallest absolute Gasteiger partial charge is 0.391 e. The Labute approximate surface area is 385 Å². The van der Waals surface area contributed by atoms with Crippen LogP contribution in [0.1, 0.15) is 245 Å². The molecule has 0 rings (SSSR count). The second kappa shape index (κ2) is 44.9. The maximum atomic E-state index is 12.9. The quantitative estimate of drug-likeness (QED) is 0.0243. The Hall–Kier alpha value is -1.28. The molecule has 0 aromatic heterocycles. The third-order valence-corrected chi connectivity index (χ3v) is 12.9. The molecule has 0 aliphatic heterocycles. The van der Waals surface area contributed by atoms with Gasteiger partial charge < -0.3 is 19.8 Å². The first kappa shape index (κ1) is 60.7. The number of carbonyl (C=O) groups excluding carboxylic acids is 1. The molecule has 0 heterocycles. The Bertz CT molecular complexity index is 1110. The molecule has 0 bridgehead atoms. The van der Waals surface area contributed by atoms with E-state index >= 15 is 0 Å². The van der Waals surface area contributed by atoms with Crippen LogP contribution >= 0.6 is 7.82 Å². The highest BCUT2D eigenvalue weighted by atomic mass is 31.2. The second-order valence-electron chi connectivity index (χ2n) is 19.3. The Morgan fingerprint density at radius 3 is 1.34 bits per heavy atom. The number of quaternary nitrogens is 1. The van der Waals surface area contributed by atoms with Crippen LogP contribution in [0.15, 0.2) is 36.5 Å². The molecule has 62 heavy (non-hydrogen) atoms. The second-order valence-corrected chi connectivity index (χ2v) is 20.7. The highest BCUT2D eigenvalue weighted by molar-refractivity contribution is 7.47. The van der Waals surface area contributed by atoms with E-state index in [4.69, 9.17) is 9.05 Å². The molecule has 3 unspecified atom stereocenters. The van der Waals surface area contributed by atoms with Gasteiger partial charge in [-0.1, -0.05) is 224 Å². The average molecular weight is 896 g/mol. The number of nitrogens with zero attached hydrogens (tertiary/aromatic N) is 1. The van der Waals surface area contributed by atoms with Gasteiger partial charge in [-0.2, -0.15) is 0 Å². The molecule has 0 radical (unpaired) electrons. The van der Waals surface area contributed by atoms with E-state index in [0.717, 1.165) is 51.4 Å². The summed E-state index contributed by atoms with van der Waals surface area (Å²) in [6.45, 7) is 4.86. The zero-order valence-electron chi connectivity index (χ0n) is 41.6. The van der Waals surface area contributed by atoms with Crippen molar-refractivity contribution in [2.75, 3.05) is 40.9 Å². The lowest BCUT2D eigenvalue weighted by Crippen LogP contribution is -2.46. The standard InChI is InChI=1S/C53H103N2O6P/c1-6-8-10-12-14-16-17-18-19-20-21-22-23-24-25-26-27-28-29-30-31-32-33-34-35-36-37-39-41-43-45-47-53(57)54-51(50-61-62(58,59)60-49-48-55(3,4)5)52(56)46-44-42-40-38-15-13-11-9-7-2/h17-18,20-21,23-24,51-52,56H,6-16,19,22,25-50H2,1-5H3,(H-,54,57,58,59)/p+1/b18-17-,21-20-,24-23-. The number of amides is 1. The van der Waals surface area contributed by atoms with Crippen LogP contribution in [-0.4, -0.2) is 73.4 Å². The van der Waals surface area contributed by atoms with Crippen molar-refractivity contribution >= 4 is 13.7 Å². The Morgan fingerprint density at radius 1 is 0.548 bits per heavy atom. The molecule has 0 aliphatic carbocycles. The van der Waals surface area contributed by atoms with Gasteiger partial charge in [0.2, 0.25) is 5.91 Å². The number of likely N-dealkylation sites (N-methyl/N-ethyl adjacent to an activating group) is 1. The molecule has 0 saturated heterocycles. The van der Waals surface area contributed by atoms with E-state index in [-0.39, 0.29) is 19.1 Å². The summed E-state index contributed by atoms with van der Waals surface area (Å²) < 4.78 is 23.6. The lowest BCUT2D eigenvalue weighted by molar-refractivity contribution is -0.870. The maximum Gasteiger partial charge on any atom is 0.472 e. The molecule has 3 N–H and O–H groups in total. The predicted octanol–water partition coefficient (Wildman–Crippen LogP) is 15.4. The van der Waals surface area contributed by atoms with Crippen molar-refractivity contribution in [1.29, 1.82) is 0 Å². The van der Waals surface area contributed by atoms with Gasteiger partial charge in [0.15, 0.2) is 0 Å². The number of aliphatic hydroxyl groups is 1. The van der Waals surface area contributed by atoms with Gasteiger partial charge in [-0.25, -0.2) is 4.57 Å². The predicted molar refractivity (Wildman–Crippen MR) is 268 cm³/mol. The van der Waals surface area contributed by atoms with E-state index in [1.54, 1.807) is 0 Å². The fourth-order valence-electron chi connectivity index (χ4n) is 7.70. The van der Waals surface area contributed by atoms with E-state index in [0.29, 0.717) is 23.9 Å². The van der Waals surface area contributed by atoms with Crippen LogP contribution in [0.25, 0.3) is 0 Å². The van der Waals surface area contributed by atoms with Crippen molar-refractivity contribution in [2.24, 2.45) is 0 Å². The maximum absolute atomic E-state index is 12.9. The summed E-state index contributed by atoms with van der Waals surface area (Å²) in [7, 11) is 1.62. The van der Waals surface area contributed by atoms with Crippen molar-refractivity contribution < 1.29 is 32.9 Å². The molecule has 0 spiro atoms. The summed E-state index contributed by atoms with van der Waals surface area (Å²) in [4.78, 5) is 23.2. The van der Waals surface area contributed by atoms with Gasteiger partial charge in [-0.05, 0) is 51.4 Å². The van der Waals surface area contributed by atoms with Gasteiger partial charge in [0.25, 0.3) is 0 Å². The third kappa shape index (κ3) is 46.7. The molecule has 0 aliphatic rings. The van der Waals surface area contributed by atoms with Gasteiger partial charge >= 0.3 is 7.82 Å². The highest BCUT2D eigenvalue weighted by Gasteiger charge is 2.28. The van der Waals surface area contributed by atoms with Crippen LogP contribution in [0, 0.1) is 0 Å². The van der Waals surface area contributed by atoms with Crippen LogP contribution in [0.4, 0.5) is 0 Å². The van der Waals surface area contributed by atoms with Crippen molar-refractivity contribution in [2.45, 2.75) is 257 Å². The first-order valence-electron chi connectivity index (χ1n) is 26.4. The lowest BCUT2D eigenvalue weighted by atomic mass is 10.0. The average Bonchev–Trinajstić information content (AvgIpc) is 3.23. The van der Waals surface area contributed by atoms with Crippen molar-refractivity contribution in [1.82, 2.24) is 5.32 Å². The first-order chi connectivity index (χ1) is 30.0. The van der Waals surface area contributed by atoms with Crippen LogP contribution in [0.5, 0.6) is 0 Å². The molecule has 0 fully saturated rings. The zero-order valence-corrected chi connectivity index (χ0v) is 42.5. The Balaban J connectivity index is 3.97. The number of allylic oxidation sites excluding steroid dienone is 6. The summed E-state index contributed by atoms with van der Waals surface area (Å²) in [5.41, 5.74) is 0. The molecular formula is C53H104N2O6P+. The Kier molecular flexibility index (Phi) is 44.0. The van der Waals surface area contributed by atoms with E-state index in [1.807, 2.05) is 21.1 Å². The Morgan fingerprint density at radius 2 is 0.919 bits per heavy atom. The summed E-state index contributed by atoms with van der Waals surface area (Å²) in [5, 5.41) is 13.9. The van der Waals surface area contributed by atoms with E-state index in [1.165, 1.54) is 167 Å². The lowest BCUT2D eigenvalue weighted by Gasteiger charge is -2.26. The van der Waals surface area contributed by atoms with E-state index < -0.39 is 20.0 Å². The fourth-order valence-corrected chi connectivity index (χ4v) is 8.44. The minimum atomic E-state index is -4.31. The van der Waals surface area contributed by atoms with Gasteiger partial charge in [-0.3, -0.25) is 13.8 Å². The van der Waals surface area contributed by atoms with Crippen LogP contribution < -0.4 is 5.32 Å². The molecule has 8 nitrogen and oxygen atoms in total. The van der Waals surface area contributed by atoms with Crippen LogP contribution in [0.3, 0.4) is 0 Å². The molecular weight excluding hydrogens is 792 g/mol. The molecule has 1 amide bonds. The fraction of sp³-hybridized carbons (Fsp3) is 0.868. The summed E-state index contributed by atoms with van der Waals surface area (Å²) in [6, 6.07) is -0.757. The number of hydrogen-bond donors (Lipinski definition) is 3. The summed E-state index contributed by atoms with van der Waals surface area (Å²) in [5.74, 6) is -0.146. The highest BCUT2D eigenvalue weighted by Crippen LogP contribution is 2.43. The first-order valence-corrected chi connectivity index (χ1v) is 27.8. The monoisotopic (exact) mass is 896 g/mol. The van der Waals surface area contributed by atoms with E-state index in [9.17, 15) is 19.4 Å². The van der Waals surface area contributed by atoms with Gasteiger partial charge in [-0.15, -0.1) is 0 Å². The minimum absolute atomic E-state index is 0.0751. The van der Waals surface area contributed by atoms with Crippen molar-refractivity contribution in [3.63, 3.8) is 0 Å². The van der Waals surface area contributed by atoms with Gasteiger partial charge in [0, 0.05) is 6.42 Å². The van der Waals surface area contributed by atoms with Gasteiger partial charge in [0.05, 0.1) is 39.9 Å². The molecule has 0 saturated carbocycles. The SMILES string of the molecule is CCCCCCC/C=C\C/C=C\C/C=C\CCCCCCCCCCCCCCCCCCC(=O)NC(COP(=O)(O)OCC[N+](C)(C)C)C(O)CCCCCCCCCCC. The minimum Gasteiger partial charge on any atom is -0.391 e. The zero-order chi connectivity index (χ0) is 45.7. The van der Waals surface area contributed by atoms with Crippen molar-refractivity contribution in [3.05, 3.63) is 36.5 Å². The van der Waals surface area contributed by atoms with Gasteiger partial charge in [0.1, 0.15) is 13.2 Å². The molecule has 0 aromatic rings. The number of phosphoric acid groups is 1. The number of nitrogens with one attached hydrogen (secondary N) is 1. The van der Waals surface area contributed by atoms with Crippen molar-refractivity contribution in [3.8, 4) is 0 Å². The van der Waals surface area contributed by atoms with Crippen LogP contribution in [-0.2, 0) is 18.4 Å². The molecule has 0 aromatic carbocycles. The largest absolute Gasteiger partial charge is 0.472 e.